The molecular weight excluding hydrogens is 420 g/mol. The molecule has 2 atom stereocenters. The average molecular weight is 449 g/mol. The summed E-state index contributed by atoms with van der Waals surface area (Å²) in [6.07, 6.45) is -2.63. The monoisotopic (exact) mass is 448 g/mol. The summed E-state index contributed by atoms with van der Waals surface area (Å²) < 4.78 is 10.6. The van der Waals surface area contributed by atoms with Crippen LogP contribution in [0.2, 0.25) is 0 Å². The number of fused-ring (bicyclic) bond motifs is 3. The van der Waals surface area contributed by atoms with Crippen molar-refractivity contribution in [2.75, 3.05) is 26.0 Å². The van der Waals surface area contributed by atoms with Crippen molar-refractivity contribution in [3.8, 4) is 16.9 Å². The number of rotatable bonds is 8. The van der Waals surface area contributed by atoms with Crippen molar-refractivity contribution in [3.05, 3.63) is 83.4 Å². The fraction of sp³-hybridized carbons (Fsp3) is 0.269. The standard InChI is InChI=1S/C26H28N2O5/c1-32-24-11-10-16(14-22(24)27)25(30)23(29)12-13-28-26(31)33-15-21-19-8-4-2-6-17(19)18-7-3-5-9-20(18)21/h2-11,14,21,23,25,29-30H,12-13,15,27H2,1H3,(H,28,31). The number of ether oxygens (including phenoxy) is 2. The zero-order valence-electron chi connectivity index (χ0n) is 18.4. The van der Waals surface area contributed by atoms with Gasteiger partial charge in [0.05, 0.1) is 18.9 Å². The van der Waals surface area contributed by atoms with Gasteiger partial charge < -0.3 is 30.7 Å². The molecule has 0 radical (unpaired) electrons. The molecular formula is C26H28N2O5. The van der Waals surface area contributed by atoms with E-state index < -0.39 is 18.3 Å². The molecule has 1 aliphatic carbocycles. The van der Waals surface area contributed by atoms with Gasteiger partial charge in [-0.15, -0.1) is 0 Å². The first kappa shape index (κ1) is 22.6. The van der Waals surface area contributed by atoms with Crippen molar-refractivity contribution in [3.63, 3.8) is 0 Å². The van der Waals surface area contributed by atoms with Crippen molar-refractivity contribution < 1.29 is 24.5 Å². The van der Waals surface area contributed by atoms with Gasteiger partial charge in [0.2, 0.25) is 0 Å². The molecule has 0 fully saturated rings. The van der Waals surface area contributed by atoms with Gasteiger partial charge in [0, 0.05) is 12.5 Å². The summed E-state index contributed by atoms with van der Waals surface area (Å²) in [5.74, 6) is 0.480. The van der Waals surface area contributed by atoms with E-state index >= 15 is 0 Å². The summed E-state index contributed by atoms with van der Waals surface area (Å²) >= 11 is 0. The molecule has 7 heteroatoms. The second-order valence-electron chi connectivity index (χ2n) is 8.05. The summed E-state index contributed by atoms with van der Waals surface area (Å²) in [7, 11) is 1.51. The lowest BCUT2D eigenvalue weighted by Gasteiger charge is -2.19. The van der Waals surface area contributed by atoms with E-state index in [1.165, 1.54) is 18.2 Å². The van der Waals surface area contributed by atoms with E-state index in [0.717, 1.165) is 11.1 Å². The van der Waals surface area contributed by atoms with Crippen molar-refractivity contribution in [2.45, 2.75) is 24.5 Å². The molecule has 0 heterocycles. The van der Waals surface area contributed by atoms with E-state index in [1.807, 2.05) is 24.3 Å². The second kappa shape index (κ2) is 9.94. The summed E-state index contributed by atoms with van der Waals surface area (Å²) in [6.45, 7) is 0.372. The highest BCUT2D eigenvalue weighted by molar-refractivity contribution is 5.79. The van der Waals surface area contributed by atoms with Gasteiger partial charge >= 0.3 is 6.09 Å². The first-order chi connectivity index (χ1) is 16.0. The van der Waals surface area contributed by atoms with E-state index in [2.05, 4.69) is 29.6 Å². The van der Waals surface area contributed by atoms with E-state index in [-0.39, 0.29) is 25.5 Å². The van der Waals surface area contributed by atoms with Crippen LogP contribution in [0.5, 0.6) is 5.75 Å². The number of amides is 1. The number of nitrogens with two attached hydrogens (primary N) is 1. The van der Waals surface area contributed by atoms with Crippen LogP contribution in [0, 0.1) is 0 Å². The molecule has 7 nitrogen and oxygen atoms in total. The maximum Gasteiger partial charge on any atom is 0.407 e. The number of hydrogen-bond donors (Lipinski definition) is 4. The Morgan fingerprint density at radius 3 is 2.27 bits per heavy atom. The highest BCUT2D eigenvalue weighted by atomic mass is 16.5. The summed E-state index contributed by atoms with van der Waals surface area (Å²) in [5, 5.41) is 23.3. The number of nitrogens with one attached hydrogen (secondary N) is 1. The number of carbonyl (C=O) groups is 1. The molecule has 0 saturated carbocycles. The fourth-order valence-electron chi connectivity index (χ4n) is 4.29. The van der Waals surface area contributed by atoms with Crippen LogP contribution in [0.25, 0.3) is 11.1 Å². The van der Waals surface area contributed by atoms with Gasteiger partial charge in [0.15, 0.2) is 0 Å². The molecule has 4 rings (SSSR count). The molecule has 5 N–H and O–H groups in total. The van der Waals surface area contributed by atoms with Gasteiger partial charge in [-0.25, -0.2) is 4.79 Å². The van der Waals surface area contributed by atoms with Crippen LogP contribution in [-0.4, -0.2) is 42.7 Å². The maximum absolute atomic E-state index is 12.3. The van der Waals surface area contributed by atoms with E-state index in [1.54, 1.807) is 18.2 Å². The molecule has 172 valence electrons. The van der Waals surface area contributed by atoms with Gasteiger partial charge in [-0.2, -0.15) is 0 Å². The van der Waals surface area contributed by atoms with Gasteiger partial charge in [-0.1, -0.05) is 54.6 Å². The summed E-state index contributed by atoms with van der Waals surface area (Å²) in [5.41, 5.74) is 11.3. The normalized spacial score (nSPS) is 14.2. The number of nitrogen functional groups attached to an aromatic ring is 1. The fourth-order valence-corrected chi connectivity index (χ4v) is 4.29. The minimum Gasteiger partial charge on any atom is -0.495 e. The van der Waals surface area contributed by atoms with E-state index in [4.69, 9.17) is 15.2 Å². The predicted octanol–water partition coefficient (Wildman–Crippen LogP) is 3.60. The summed E-state index contributed by atoms with van der Waals surface area (Å²) in [6, 6.07) is 21.1. The van der Waals surface area contributed by atoms with E-state index in [9.17, 15) is 15.0 Å². The van der Waals surface area contributed by atoms with Crippen LogP contribution in [-0.2, 0) is 4.74 Å². The number of hydrogen-bond acceptors (Lipinski definition) is 6. The van der Waals surface area contributed by atoms with Crippen molar-refractivity contribution >= 4 is 11.8 Å². The largest absolute Gasteiger partial charge is 0.495 e. The quantitative estimate of drug-likeness (QED) is 0.392. The third kappa shape index (κ3) is 4.79. The lowest BCUT2D eigenvalue weighted by molar-refractivity contribution is 0.0137. The average Bonchev–Trinajstić information content (AvgIpc) is 3.16. The van der Waals surface area contributed by atoms with Crippen LogP contribution < -0.4 is 15.8 Å². The lowest BCUT2D eigenvalue weighted by atomic mass is 9.98. The molecule has 3 aromatic rings. The molecule has 0 spiro atoms. The number of anilines is 1. The maximum atomic E-state index is 12.3. The number of methoxy groups -OCH3 is 1. The first-order valence-electron chi connectivity index (χ1n) is 10.9. The first-order valence-corrected chi connectivity index (χ1v) is 10.9. The van der Waals surface area contributed by atoms with Crippen LogP contribution in [0.15, 0.2) is 66.7 Å². The molecule has 2 unspecified atom stereocenters. The Balaban J connectivity index is 1.28. The Hall–Kier alpha value is -3.55. The molecule has 1 aliphatic rings. The Bertz CT molecular complexity index is 1090. The number of aliphatic hydroxyl groups excluding tert-OH is 2. The van der Waals surface area contributed by atoms with Gasteiger partial charge in [0.1, 0.15) is 18.5 Å². The predicted molar refractivity (Wildman–Crippen MR) is 126 cm³/mol. The minimum absolute atomic E-state index is 0.0175. The lowest BCUT2D eigenvalue weighted by Crippen LogP contribution is -2.30. The molecule has 0 bridgehead atoms. The van der Waals surface area contributed by atoms with Crippen molar-refractivity contribution in [2.24, 2.45) is 0 Å². The Morgan fingerprint density at radius 1 is 1.03 bits per heavy atom. The molecule has 33 heavy (non-hydrogen) atoms. The number of carbonyl (C=O) groups excluding carboxylic acids is 1. The molecule has 1 amide bonds. The topological polar surface area (TPSA) is 114 Å². The summed E-state index contributed by atoms with van der Waals surface area (Å²) in [4.78, 5) is 12.3. The van der Waals surface area contributed by atoms with Crippen molar-refractivity contribution in [1.29, 1.82) is 0 Å². The van der Waals surface area contributed by atoms with Crippen LogP contribution >= 0.6 is 0 Å². The van der Waals surface area contributed by atoms with Crippen LogP contribution in [0.4, 0.5) is 10.5 Å². The van der Waals surface area contributed by atoms with Crippen LogP contribution in [0.3, 0.4) is 0 Å². The zero-order chi connectivity index (χ0) is 23.4. The third-order valence-electron chi connectivity index (χ3n) is 6.01. The van der Waals surface area contributed by atoms with Gasteiger partial charge in [-0.3, -0.25) is 0 Å². The smallest absolute Gasteiger partial charge is 0.407 e. The molecule has 3 aromatic carbocycles. The number of alkyl carbamates (subject to hydrolysis) is 1. The van der Waals surface area contributed by atoms with Gasteiger partial charge in [-0.05, 0) is 46.4 Å². The molecule has 0 aromatic heterocycles. The Labute approximate surface area is 192 Å². The number of benzene rings is 3. The third-order valence-corrected chi connectivity index (χ3v) is 6.01. The minimum atomic E-state index is -1.14. The zero-order valence-corrected chi connectivity index (χ0v) is 18.4. The molecule has 0 saturated heterocycles. The highest BCUT2D eigenvalue weighted by Crippen LogP contribution is 2.44. The molecule has 0 aliphatic heterocycles. The van der Waals surface area contributed by atoms with E-state index in [0.29, 0.717) is 17.0 Å². The van der Waals surface area contributed by atoms with Crippen molar-refractivity contribution in [1.82, 2.24) is 5.32 Å². The Morgan fingerprint density at radius 2 is 1.67 bits per heavy atom. The van der Waals surface area contributed by atoms with Crippen LogP contribution in [0.1, 0.15) is 35.1 Å². The van der Waals surface area contributed by atoms with Gasteiger partial charge in [0.25, 0.3) is 0 Å². The Kier molecular flexibility index (Phi) is 6.82. The SMILES string of the molecule is COc1ccc(C(O)C(O)CCNC(=O)OCC2c3ccccc3-c3ccccc32)cc1N. The number of aliphatic hydroxyl groups is 2. The highest BCUT2D eigenvalue weighted by Gasteiger charge is 2.29. The second-order valence-corrected chi connectivity index (χ2v) is 8.05.